The van der Waals surface area contributed by atoms with Crippen molar-refractivity contribution in [3.8, 4) is 12.3 Å². The minimum Gasteiger partial charge on any atom is -0.383 e. The van der Waals surface area contributed by atoms with Crippen molar-refractivity contribution in [3.05, 3.63) is 40.9 Å². The molecule has 0 spiro atoms. The lowest BCUT2D eigenvalue weighted by Crippen LogP contribution is -2.34. The smallest absolute Gasteiger partial charge is 0.383 e. The first-order valence-electron chi connectivity index (χ1n) is 6.94. The van der Waals surface area contributed by atoms with Crippen molar-refractivity contribution in [2.75, 3.05) is 25.0 Å². The number of carbonyl (C=O) groups excluding carboxylic acids is 1. The van der Waals surface area contributed by atoms with Crippen molar-refractivity contribution in [2.24, 2.45) is 5.16 Å². The fraction of sp³-hybridized carbons (Fsp3) is 0.250. The monoisotopic (exact) mass is 333 g/mol. The molecule has 0 radical (unpaired) electrons. The Labute approximate surface area is 139 Å². The van der Waals surface area contributed by atoms with Crippen LogP contribution in [0.15, 0.2) is 41.1 Å². The molecule has 1 heterocycles. The zero-order valence-corrected chi connectivity index (χ0v) is 13.1. The van der Waals surface area contributed by atoms with E-state index in [1.54, 1.807) is 35.5 Å². The van der Waals surface area contributed by atoms with E-state index in [0.717, 1.165) is 12.0 Å². The van der Waals surface area contributed by atoms with Crippen LogP contribution in [0.25, 0.3) is 0 Å². The summed E-state index contributed by atoms with van der Waals surface area (Å²) in [6.45, 7) is 1.15. The van der Waals surface area contributed by atoms with Crippen molar-refractivity contribution >= 4 is 29.6 Å². The lowest BCUT2D eigenvalue weighted by Gasteiger charge is -2.24. The number of nitrogens with one attached hydrogen (secondary N) is 1. The number of anilines is 1. The minimum absolute atomic E-state index is 0.119. The number of hydroxylamine groups is 2. The topological polar surface area (TPSA) is 63.2 Å². The summed E-state index contributed by atoms with van der Waals surface area (Å²) in [6, 6.07) is 6.76. The van der Waals surface area contributed by atoms with Crippen molar-refractivity contribution in [1.29, 1.82) is 0 Å². The Balaban J connectivity index is 1.80. The van der Waals surface area contributed by atoms with E-state index in [9.17, 15) is 4.79 Å². The molecule has 2 rings (SSSR count). The first-order chi connectivity index (χ1) is 11.2. The second-order valence-corrected chi connectivity index (χ2v) is 5.09. The number of hydrogen-bond acceptors (Lipinski definition) is 5. The standard InChI is InChI=1S/C16H16ClN3O3/c1-2-10-22-18-11-13-4-3-9-20(12-13)23-16(21)19-15-7-5-14(17)6-8-15/h1,4-8,11H,3,9-10,12H2,(H,19,21)/b18-11+. The number of halogens is 1. The first-order valence-corrected chi connectivity index (χ1v) is 7.32. The third-order valence-corrected chi connectivity index (χ3v) is 3.14. The van der Waals surface area contributed by atoms with E-state index in [1.807, 2.05) is 6.08 Å². The fourth-order valence-corrected chi connectivity index (χ4v) is 2.01. The van der Waals surface area contributed by atoms with E-state index < -0.39 is 6.09 Å². The maximum Gasteiger partial charge on any atom is 0.430 e. The van der Waals surface area contributed by atoms with Crippen LogP contribution in [0.3, 0.4) is 0 Å². The molecule has 120 valence electrons. The average Bonchev–Trinajstić information content (AvgIpc) is 2.54. The number of terminal acetylenes is 1. The van der Waals surface area contributed by atoms with E-state index in [0.29, 0.717) is 23.8 Å². The first kappa shape index (κ1) is 16.9. The molecule has 0 unspecified atom stereocenters. The zero-order valence-electron chi connectivity index (χ0n) is 12.4. The van der Waals surface area contributed by atoms with E-state index in [4.69, 9.17) is 27.7 Å². The molecular formula is C16H16ClN3O3. The molecule has 1 aromatic rings. The van der Waals surface area contributed by atoms with Crippen LogP contribution in [0.2, 0.25) is 5.02 Å². The minimum atomic E-state index is -0.561. The van der Waals surface area contributed by atoms with Gasteiger partial charge in [-0.1, -0.05) is 28.8 Å². The van der Waals surface area contributed by atoms with Gasteiger partial charge in [0.05, 0.1) is 12.8 Å². The van der Waals surface area contributed by atoms with Gasteiger partial charge in [0.1, 0.15) is 0 Å². The molecule has 1 amide bonds. The van der Waals surface area contributed by atoms with E-state index in [1.165, 1.54) is 0 Å². The van der Waals surface area contributed by atoms with Gasteiger partial charge in [-0.2, -0.15) is 0 Å². The van der Waals surface area contributed by atoms with Gasteiger partial charge < -0.3 is 9.68 Å². The SMILES string of the molecule is C#CCO/N=C/C1=CCCN(OC(=O)Nc2ccc(Cl)cc2)C1. The largest absolute Gasteiger partial charge is 0.430 e. The van der Waals surface area contributed by atoms with Crippen molar-refractivity contribution < 1.29 is 14.5 Å². The molecule has 1 aliphatic rings. The summed E-state index contributed by atoms with van der Waals surface area (Å²) in [4.78, 5) is 22.0. The Bertz CT molecular complexity index is 635. The van der Waals surface area contributed by atoms with Crippen LogP contribution in [0.1, 0.15) is 6.42 Å². The lowest BCUT2D eigenvalue weighted by atomic mass is 10.2. The third kappa shape index (κ3) is 6.02. The van der Waals surface area contributed by atoms with Gasteiger partial charge in [0.2, 0.25) is 0 Å². The lowest BCUT2D eigenvalue weighted by molar-refractivity contribution is -0.0872. The maximum atomic E-state index is 11.9. The number of oxime groups is 1. The molecule has 0 aliphatic carbocycles. The van der Waals surface area contributed by atoms with Crippen LogP contribution in [0.4, 0.5) is 10.5 Å². The van der Waals surface area contributed by atoms with Crippen LogP contribution in [-0.4, -0.2) is 37.1 Å². The number of hydrogen-bond donors (Lipinski definition) is 1. The summed E-state index contributed by atoms with van der Waals surface area (Å²) in [6.07, 6.45) is 8.79. The van der Waals surface area contributed by atoms with Crippen LogP contribution in [0, 0.1) is 12.3 Å². The van der Waals surface area contributed by atoms with Crippen molar-refractivity contribution in [3.63, 3.8) is 0 Å². The molecule has 1 aromatic carbocycles. The van der Waals surface area contributed by atoms with Crippen LogP contribution < -0.4 is 5.32 Å². The number of amides is 1. The number of rotatable bonds is 5. The molecule has 1 aliphatic heterocycles. The molecule has 0 atom stereocenters. The summed E-state index contributed by atoms with van der Waals surface area (Å²) in [5.41, 5.74) is 1.49. The number of benzene rings is 1. The Morgan fingerprint density at radius 3 is 3.00 bits per heavy atom. The predicted molar refractivity (Wildman–Crippen MR) is 89.1 cm³/mol. The molecule has 0 saturated carbocycles. The van der Waals surface area contributed by atoms with Gasteiger partial charge in [0.15, 0.2) is 6.61 Å². The highest BCUT2D eigenvalue weighted by molar-refractivity contribution is 6.30. The fourth-order valence-electron chi connectivity index (χ4n) is 1.88. The molecule has 6 nitrogen and oxygen atoms in total. The number of nitrogens with zero attached hydrogens (tertiary/aromatic N) is 2. The maximum absolute atomic E-state index is 11.9. The normalized spacial score (nSPS) is 14.9. The van der Waals surface area contributed by atoms with E-state index >= 15 is 0 Å². The predicted octanol–water partition coefficient (Wildman–Crippen LogP) is 3.07. The van der Waals surface area contributed by atoms with Crippen LogP contribution >= 0.6 is 11.6 Å². The van der Waals surface area contributed by atoms with Gasteiger partial charge in [0, 0.05) is 17.3 Å². The van der Waals surface area contributed by atoms with Gasteiger partial charge in [-0.05, 0) is 36.3 Å². The Kier molecular flexibility index (Phi) is 6.48. The highest BCUT2D eigenvalue weighted by Crippen LogP contribution is 2.14. The second-order valence-electron chi connectivity index (χ2n) is 4.65. The quantitative estimate of drug-likeness (QED) is 0.389. The van der Waals surface area contributed by atoms with Gasteiger partial charge in [-0.15, -0.1) is 11.5 Å². The summed E-state index contributed by atoms with van der Waals surface area (Å²) >= 11 is 5.79. The molecule has 0 saturated heterocycles. The molecule has 0 aromatic heterocycles. The van der Waals surface area contributed by atoms with E-state index in [-0.39, 0.29) is 6.61 Å². The van der Waals surface area contributed by atoms with Gasteiger partial charge >= 0.3 is 6.09 Å². The number of carbonyl (C=O) groups is 1. The van der Waals surface area contributed by atoms with E-state index in [2.05, 4.69) is 16.4 Å². The van der Waals surface area contributed by atoms with Gasteiger partial charge in [-0.25, -0.2) is 4.79 Å². The summed E-state index contributed by atoms with van der Waals surface area (Å²) in [5.74, 6) is 2.32. The van der Waals surface area contributed by atoms with Crippen LogP contribution in [0.5, 0.6) is 0 Å². The molecule has 23 heavy (non-hydrogen) atoms. The summed E-state index contributed by atoms with van der Waals surface area (Å²) in [5, 5.41) is 8.52. The molecule has 1 N–H and O–H groups in total. The highest BCUT2D eigenvalue weighted by atomic mass is 35.5. The zero-order chi connectivity index (χ0) is 16.5. The van der Waals surface area contributed by atoms with Crippen LogP contribution in [-0.2, 0) is 9.68 Å². The summed E-state index contributed by atoms with van der Waals surface area (Å²) in [7, 11) is 0. The molecule has 7 heteroatoms. The molecule has 0 fully saturated rings. The molecule has 0 bridgehead atoms. The van der Waals surface area contributed by atoms with Gasteiger partial charge in [-0.3, -0.25) is 5.32 Å². The molecular weight excluding hydrogens is 318 g/mol. The van der Waals surface area contributed by atoms with Crippen molar-refractivity contribution in [1.82, 2.24) is 5.06 Å². The Morgan fingerprint density at radius 2 is 2.26 bits per heavy atom. The Hall–Kier alpha value is -2.49. The summed E-state index contributed by atoms with van der Waals surface area (Å²) < 4.78 is 0. The van der Waals surface area contributed by atoms with Gasteiger partial charge in [0.25, 0.3) is 0 Å². The third-order valence-electron chi connectivity index (χ3n) is 2.89. The highest BCUT2D eigenvalue weighted by Gasteiger charge is 2.16. The Morgan fingerprint density at radius 1 is 1.48 bits per heavy atom. The second kappa shape index (κ2) is 8.83. The van der Waals surface area contributed by atoms with Crippen molar-refractivity contribution in [2.45, 2.75) is 6.42 Å². The average molecular weight is 334 g/mol.